The fourth-order valence-electron chi connectivity index (χ4n) is 1.70. The van der Waals surface area contributed by atoms with Crippen molar-refractivity contribution >= 4 is 34.2 Å². The lowest BCUT2D eigenvalue weighted by molar-refractivity contribution is 0.0675. The highest BCUT2D eigenvalue weighted by Crippen LogP contribution is 2.16. The largest absolute Gasteiger partial charge is 0.444 e. The van der Waals surface area contributed by atoms with Crippen LogP contribution < -0.4 is 5.32 Å². The molecule has 2 heterocycles. The molecule has 0 spiro atoms. The number of carbonyl (C=O) groups is 1. The van der Waals surface area contributed by atoms with Crippen LogP contribution in [0.5, 0.6) is 0 Å². The summed E-state index contributed by atoms with van der Waals surface area (Å²) in [5, 5.41) is 3.29. The highest BCUT2D eigenvalue weighted by atomic mass is 79.9. The first-order valence-corrected chi connectivity index (χ1v) is 5.74. The van der Waals surface area contributed by atoms with Crippen LogP contribution >= 0.6 is 28.3 Å². The van der Waals surface area contributed by atoms with E-state index < -0.39 is 0 Å². The van der Waals surface area contributed by atoms with Gasteiger partial charge in [-0.15, -0.1) is 12.4 Å². The van der Waals surface area contributed by atoms with E-state index in [4.69, 9.17) is 4.42 Å². The fourth-order valence-corrected chi connectivity index (χ4v) is 2.01. The summed E-state index contributed by atoms with van der Waals surface area (Å²) >= 11 is 3.19. The molecule has 1 aliphatic rings. The summed E-state index contributed by atoms with van der Waals surface area (Å²) in [6, 6.07) is 3.78. The Hall–Kier alpha value is -0.520. The van der Waals surface area contributed by atoms with E-state index in [2.05, 4.69) is 28.2 Å². The Balaban J connectivity index is 0.00000128. The molecule has 0 saturated carbocycles. The van der Waals surface area contributed by atoms with Crippen molar-refractivity contribution in [3.63, 3.8) is 0 Å². The average Bonchev–Trinajstić information content (AvgIpc) is 2.64. The molecule has 16 heavy (non-hydrogen) atoms. The highest BCUT2D eigenvalue weighted by molar-refractivity contribution is 9.10. The van der Waals surface area contributed by atoms with Gasteiger partial charge in [0, 0.05) is 25.7 Å². The second kappa shape index (κ2) is 5.70. The van der Waals surface area contributed by atoms with Gasteiger partial charge in [-0.3, -0.25) is 4.79 Å². The summed E-state index contributed by atoms with van der Waals surface area (Å²) < 4.78 is 5.83. The number of halogens is 2. The second-order valence-electron chi connectivity index (χ2n) is 3.71. The Morgan fingerprint density at radius 2 is 2.38 bits per heavy atom. The first-order chi connectivity index (χ1) is 7.16. The van der Waals surface area contributed by atoms with E-state index in [0.717, 1.165) is 19.6 Å². The number of hydrogen-bond acceptors (Lipinski definition) is 3. The minimum absolute atomic E-state index is 0. The number of hydrogen-bond donors (Lipinski definition) is 1. The zero-order chi connectivity index (χ0) is 10.8. The van der Waals surface area contributed by atoms with Gasteiger partial charge in [-0.25, -0.2) is 0 Å². The van der Waals surface area contributed by atoms with Crippen molar-refractivity contribution in [3.8, 4) is 0 Å². The molecule has 1 saturated heterocycles. The number of carbonyl (C=O) groups excluding carboxylic acids is 1. The number of nitrogens with zero attached hydrogens (tertiary/aromatic N) is 1. The van der Waals surface area contributed by atoms with Gasteiger partial charge in [-0.2, -0.15) is 0 Å². The van der Waals surface area contributed by atoms with Crippen LogP contribution in [-0.2, 0) is 0 Å². The Morgan fingerprint density at radius 1 is 1.62 bits per heavy atom. The minimum Gasteiger partial charge on any atom is -0.444 e. The quantitative estimate of drug-likeness (QED) is 0.862. The van der Waals surface area contributed by atoms with E-state index in [-0.39, 0.29) is 18.3 Å². The van der Waals surface area contributed by atoms with E-state index >= 15 is 0 Å². The van der Waals surface area contributed by atoms with Crippen molar-refractivity contribution in [2.24, 2.45) is 0 Å². The fraction of sp³-hybridized carbons (Fsp3) is 0.500. The minimum atomic E-state index is -0.0333. The van der Waals surface area contributed by atoms with E-state index in [9.17, 15) is 4.79 Å². The van der Waals surface area contributed by atoms with Crippen molar-refractivity contribution in [2.45, 2.75) is 13.0 Å². The SMILES string of the molecule is C[C@@H]1CN(C(=O)c2ccc(Br)o2)CCN1.Cl. The van der Waals surface area contributed by atoms with Gasteiger partial charge >= 0.3 is 0 Å². The molecular formula is C10H14BrClN2O2. The maximum absolute atomic E-state index is 11.9. The van der Waals surface area contributed by atoms with Crippen molar-refractivity contribution in [3.05, 3.63) is 22.6 Å². The molecule has 1 N–H and O–H groups in total. The monoisotopic (exact) mass is 308 g/mol. The number of furan rings is 1. The standard InChI is InChI=1S/C10H13BrN2O2.ClH/c1-7-6-13(5-4-12-7)10(14)8-2-3-9(11)15-8;/h2-3,7,12H,4-6H2,1H3;1H/t7-;/m1./s1. The Kier molecular flexibility index (Phi) is 4.83. The van der Waals surface area contributed by atoms with Gasteiger partial charge < -0.3 is 14.6 Å². The van der Waals surface area contributed by atoms with Crippen LogP contribution in [-0.4, -0.2) is 36.5 Å². The molecule has 0 aromatic carbocycles. The lowest BCUT2D eigenvalue weighted by atomic mass is 10.2. The smallest absolute Gasteiger partial charge is 0.289 e. The normalized spacial score (nSPS) is 20.4. The molecule has 1 aromatic heterocycles. The van der Waals surface area contributed by atoms with Crippen LogP contribution in [0.25, 0.3) is 0 Å². The predicted molar refractivity (Wildman–Crippen MR) is 67.0 cm³/mol. The second-order valence-corrected chi connectivity index (χ2v) is 4.49. The van der Waals surface area contributed by atoms with Gasteiger partial charge in [0.05, 0.1) is 0 Å². The maximum atomic E-state index is 11.9. The number of rotatable bonds is 1. The molecule has 0 aliphatic carbocycles. The van der Waals surface area contributed by atoms with Gasteiger partial charge in [-0.05, 0) is 35.0 Å². The van der Waals surface area contributed by atoms with E-state index in [0.29, 0.717) is 16.5 Å². The zero-order valence-corrected chi connectivity index (χ0v) is 11.3. The Bertz CT molecular complexity index is 369. The maximum Gasteiger partial charge on any atom is 0.289 e. The van der Waals surface area contributed by atoms with E-state index in [1.807, 2.05) is 4.90 Å². The third-order valence-electron chi connectivity index (χ3n) is 2.44. The van der Waals surface area contributed by atoms with Gasteiger partial charge in [0.15, 0.2) is 10.4 Å². The molecule has 1 amide bonds. The summed E-state index contributed by atoms with van der Waals surface area (Å²) in [5.41, 5.74) is 0. The van der Waals surface area contributed by atoms with Crippen molar-refractivity contribution in [2.75, 3.05) is 19.6 Å². The summed E-state index contributed by atoms with van der Waals surface area (Å²) in [5.74, 6) is 0.366. The molecule has 0 unspecified atom stereocenters. The first kappa shape index (κ1) is 13.5. The molecule has 0 radical (unpaired) electrons. The molecule has 4 nitrogen and oxygen atoms in total. The van der Waals surface area contributed by atoms with Crippen LogP contribution in [0.15, 0.2) is 21.2 Å². The molecule has 0 bridgehead atoms. The topological polar surface area (TPSA) is 45.5 Å². The third kappa shape index (κ3) is 2.99. The van der Waals surface area contributed by atoms with Crippen LogP contribution in [0.4, 0.5) is 0 Å². The summed E-state index contributed by atoms with van der Waals surface area (Å²) in [7, 11) is 0. The lowest BCUT2D eigenvalue weighted by Gasteiger charge is -2.31. The molecule has 1 fully saturated rings. The first-order valence-electron chi connectivity index (χ1n) is 4.95. The molecule has 6 heteroatoms. The van der Waals surface area contributed by atoms with Crippen molar-refractivity contribution < 1.29 is 9.21 Å². The summed E-state index contributed by atoms with van der Waals surface area (Å²) in [6.07, 6.45) is 0. The zero-order valence-electron chi connectivity index (χ0n) is 8.90. The summed E-state index contributed by atoms with van der Waals surface area (Å²) in [6.45, 7) is 4.38. The number of amides is 1. The van der Waals surface area contributed by atoms with E-state index in [1.165, 1.54) is 0 Å². The Labute approximate surface area is 109 Å². The lowest BCUT2D eigenvalue weighted by Crippen LogP contribution is -2.51. The van der Waals surface area contributed by atoms with Crippen LogP contribution in [0, 0.1) is 0 Å². The van der Waals surface area contributed by atoms with Crippen molar-refractivity contribution in [1.29, 1.82) is 0 Å². The van der Waals surface area contributed by atoms with Crippen LogP contribution in [0.2, 0.25) is 0 Å². The van der Waals surface area contributed by atoms with Gasteiger partial charge in [0.25, 0.3) is 5.91 Å². The van der Waals surface area contributed by atoms with Gasteiger partial charge in [0.2, 0.25) is 0 Å². The summed E-state index contributed by atoms with van der Waals surface area (Å²) in [4.78, 5) is 13.8. The van der Waals surface area contributed by atoms with Crippen LogP contribution in [0.1, 0.15) is 17.5 Å². The molecule has 1 aromatic rings. The molecule has 1 atom stereocenters. The van der Waals surface area contributed by atoms with Crippen LogP contribution in [0.3, 0.4) is 0 Å². The highest BCUT2D eigenvalue weighted by Gasteiger charge is 2.23. The molecule has 90 valence electrons. The van der Waals surface area contributed by atoms with Crippen molar-refractivity contribution in [1.82, 2.24) is 10.2 Å². The molecular weight excluding hydrogens is 295 g/mol. The van der Waals surface area contributed by atoms with Gasteiger partial charge in [-0.1, -0.05) is 0 Å². The predicted octanol–water partition coefficient (Wildman–Crippen LogP) is 1.90. The number of piperazine rings is 1. The van der Waals surface area contributed by atoms with E-state index in [1.54, 1.807) is 12.1 Å². The third-order valence-corrected chi connectivity index (χ3v) is 2.87. The Morgan fingerprint density at radius 3 is 2.94 bits per heavy atom. The number of nitrogens with one attached hydrogen (secondary N) is 1. The average molecular weight is 310 g/mol. The van der Waals surface area contributed by atoms with Gasteiger partial charge in [0.1, 0.15) is 0 Å². The molecule has 2 rings (SSSR count). The molecule has 1 aliphatic heterocycles.